The monoisotopic (exact) mass is 377 g/mol. The third-order valence-corrected chi connectivity index (χ3v) is 5.23. The SMILES string of the molecule is COc1cc([C@@H](O)P(=O)(O)CCCC(=O)ON)ccc1OCC(=O)O. The van der Waals surface area contributed by atoms with Gasteiger partial charge in [-0.3, -0.25) is 9.36 Å². The zero-order valence-corrected chi connectivity index (χ0v) is 14.3. The molecule has 25 heavy (non-hydrogen) atoms. The molecule has 1 aromatic rings. The Labute approximate surface area is 143 Å². The van der Waals surface area contributed by atoms with Crippen LogP contribution in [0.1, 0.15) is 24.3 Å². The van der Waals surface area contributed by atoms with Crippen LogP contribution >= 0.6 is 7.37 Å². The zero-order chi connectivity index (χ0) is 19.0. The normalized spacial score (nSPS) is 14.2. The van der Waals surface area contributed by atoms with Gasteiger partial charge >= 0.3 is 11.9 Å². The lowest BCUT2D eigenvalue weighted by atomic mass is 10.2. The van der Waals surface area contributed by atoms with Crippen LogP contribution in [0.2, 0.25) is 0 Å². The molecule has 1 rings (SSSR count). The Morgan fingerprint density at radius 1 is 1.32 bits per heavy atom. The van der Waals surface area contributed by atoms with Gasteiger partial charge in [0.2, 0.25) is 7.37 Å². The minimum atomic E-state index is -4.03. The first-order chi connectivity index (χ1) is 11.7. The Kier molecular flexibility index (Phi) is 7.85. The maximum Gasteiger partial charge on any atom is 0.341 e. The first kappa shape index (κ1) is 20.9. The van der Waals surface area contributed by atoms with Crippen LogP contribution in [-0.2, 0) is 19.0 Å². The van der Waals surface area contributed by atoms with Gasteiger partial charge in [0.1, 0.15) is 0 Å². The standard InChI is InChI=1S/C14H20NO9P/c1-22-11-7-9(4-5-10(11)23-8-12(16)17)14(19)25(20,21)6-2-3-13(18)24-15/h4-5,7,14,19H,2-3,6,8,15H2,1H3,(H,16,17)(H,20,21)/t14-/m0/s1. The van der Waals surface area contributed by atoms with Crippen molar-refractivity contribution < 1.29 is 43.6 Å². The van der Waals surface area contributed by atoms with E-state index in [2.05, 4.69) is 10.7 Å². The van der Waals surface area contributed by atoms with Gasteiger partial charge < -0.3 is 29.4 Å². The average molecular weight is 377 g/mol. The van der Waals surface area contributed by atoms with E-state index in [1.54, 1.807) is 0 Å². The van der Waals surface area contributed by atoms with Crippen LogP contribution in [0.15, 0.2) is 18.2 Å². The van der Waals surface area contributed by atoms with Crippen LogP contribution in [0.5, 0.6) is 11.5 Å². The van der Waals surface area contributed by atoms with Crippen molar-refractivity contribution in [3.63, 3.8) is 0 Å². The molecular formula is C14H20NO9P. The van der Waals surface area contributed by atoms with Crippen LogP contribution in [0.4, 0.5) is 0 Å². The summed E-state index contributed by atoms with van der Waals surface area (Å²) >= 11 is 0. The number of carbonyl (C=O) groups is 2. The largest absolute Gasteiger partial charge is 0.493 e. The number of carbonyl (C=O) groups excluding carboxylic acids is 1. The van der Waals surface area contributed by atoms with Gasteiger partial charge in [0.15, 0.2) is 24.0 Å². The summed E-state index contributed by atoms with van der Waals surface area (Å²) in [6, 6.07) is 3.92. The van der Waals surface area contributed by atoms with Crippen LogP contribution in [0.25, 0.3) is 0 Å². The molecule has 2 atom stereocenters. The summed E-state index contributed by atoms with van der Waals surface area (Å²) in [5, 5.41) is 18.8. The van der Waals surface area contributed by atoms with Crippen molar-refractivity contribution >= 4 is 19.3 Å². The highest BCUT2D eigenvalue weighted by molar-refractivity contribution is 7.58. The van der Waals surface area contributed by atoms with E-state index in [4.69, 9.17) is 14.6 Å². The van der Waals surface area contributed by atoms with Crippen molar-refractivity contribution in [3.8, 4) is 11.5 Å². The molecule has 1 unspecified atom stereocenters. The van der Waals surface area contributed by atoms with Gasteiger partial charge in [-0.1, -0.05) is 6.07 Å². The molecule has 0 aliphatic heterocycles. The van der Waals surface area contributed by atoms with E-state index < -0.39 is 31.8 Å². The van der Waals surface area contributed by atoms with Crippen LogP contribution < -0.4 is 15.4 Å². The number of rotatable bonds is 10. The summed E-state index contributed by atoms with van der Waals surface area (Å²) in [6.45, 7) is -0.589. The minimum absolute atomic E-state index is 0.0117. The second-order valence-electron chi connectivity index (χ2n) is 5.04. The van der Waals surface area contributed by atoms with Gasteiger partial charge in [-0.05, 0) is 24.1 Å². The number of carboxylic acids is 1. The third kappa shape index (κ3) is 6.35. The zero-order valence-electron chi connectivity index (χ0n) is 13.5. The summed E-state index contributed by atoms with van der Waals surface area (Å²) < 4.78 is 22.3. The molecule has 0 aliphatic rings. The Morgan fingerprint density at radius 2 is 2.00 bits per heavy atom. The van der Waals surface area contributed by atoms with Crippen LogP contribution in [-0.4, -0.2) is 46.9 Å². The number of aliphatic carboxylic acids is 1. The first-order valence-electron chi connectivity index (χ1n) is 7.13. The molecule has 0 saturated carbocycles. The van der Waals surface area contributed by atoms with Gasteiger partial charge in [0.25, 0.3) is 0 Å². The Morgan fingerprint density at radius 3 is 2.56 bits per heavy atom. The first-order valence-corrected chi connectivity index (χ1v) is 9.04. The van der Waals surface area contributed by atoms with Gasteiger partial charge in [-0.2, -0.15) is 5.90 Å². The molecule has 0 amide bonds. The molecule has 10 nitrogen and oxygen atoms in total. The predicted octanol–water partition coefficient (Wildman–Crippen LogP) is 0.617. The predicted molar refractivity (Wildman–Crippen MR) is 85.3 cm³/mol. The molecule has 5 N–H and O–H groups in total. The maximum atomic E-state index is 12.3. The summed E-state index contributed by atoms with van der Waals surface area (Å²) in [5.41, 5.74) is 0.0896. The third-order valence-electron chi connectivity index (χ3n) is 3.21. The van der Waals surface area contributed by atoms with E-state index >= 15 is 0 Å². The molecule has 0 saturated heterocycles. The number of ether oxygens (including phenoxy) is 2. The fraction of sp³-hybridized carbons (Fsp3) is 0.429. The Balaban J connectivity index is 2.85. The molecule has 140 valence electrons. The molecule has 0 spiro atoms. The number of hydrogen-bond donors (Lipinski definition) is 4. The fourth-order valence-electron chi connectivity index (χ4n) is 1.97. The van der Waals surface area contributed by atoms with Gasteiger partial charge in [-0.25, -0.2) is 4.79 Å². The molecule has 0 radical (unpaired) electrons. The second kappa shape index (κ2) is 9.38. The molecule has 11 heteroatoms. The highest BCUT2D eigenvalue weighted by Crippen LogP contribution is 2.55. The number of aliphatic hydroxyl groups excluding tert-OH is 1. The summed E-state index contributed by atoms with van der Waals surface area (Å²) in [6.07, 6.45) is -0.459. The van der Waals surface area contributed by atoms with E-state index in [9.17, 15) is 24.2 Å². The van der Waals surface area contributed by atoms with E-state index in [-0.39, 0.29) is 36.1 Å². The fourth-order valence-corrected chi connectivity index (χ4v) is 3.45. The van der Waals surface area contributed by atoms with Crippen LogP contribution in [0, 0.1) is 0 Å². The van der Waals surface area contributed by atoms with Crippen molar-refractivity contribution in [1.29, 1.82) is 0 Å². The summed E-state index contributed by atoms with van der Waals surface area (Å²) in [4.78, 5) is 35.4. The van der Waals surface area contributed by atoms with Crippen molar-refractivity contribution in [2.24, 2.45) is 5.90 Å². The van der Waals surface area contributed by atoms with Crippen LogP contribution in [0.3, 0.4) is 0 Å². The molecule has 0 heterocycles. The van der Waals surface area contributed by atoms with Gasteiger partial charge in [0.05, 0.1) is 7.11 Å². The molecular weight excluding hydrogens is 357 g/mol. The van der Waals surface area contributed by atoms with Crippen molar-refractivity contribution in [1.82, 2.24) is 0 Å². The number of aliphatic hydroxyl groups is 1. The number of carboxylic acid groups (broad SMARTS) is 1. The van der Waals surface area contributed by atoms with E-state index in [1.807, 2.05) is 0 Å². The highest BCUT2D eigenvalue weighted by atomic mass is 31.2. The number of nitrogens with two attached hydrogens (primary N) is 1. The van der Waals surface area contributed by atoms with Gasteiger partial charge in [-0.15, -0.1) is 0 Å². The lowest BCUT2D eigenvalue weighted by Gasteiger charge is -2.19. The molecule has 0 aliphatic carbocycles. The molecule has 0 fully saturated rings. The summed E-state index contributed by atoms with van der Waals surface area (Å²) in [7, 11) is -2.73. The van der Waals surface area contributed by atoms with Crippen molar-refractivity contribution in [2.75, 3.05) is 19.9 Å². The smallest absolute Gasteiger partial charge is 0.341 e. The van der Waals surface area contributed by atoms with Gasteiger partial charge in [0, 0.05) is 12.6 Å². The quantitative estimate of drug-likeness (QED) is 0.335. The Bertz CT molecular complexity index is 664. The average Bonchev–Trinajstić information content (AvgIpc) is 2.58. The number of methoxy groups -OCH3 is 1. The topological polar surface area (TPSA) is 166 Å². The number of benzene rings is 1. The number of hydrogen-bond acceptors (Lipinski definition) is 8. The summed E-state index contributed by atoms with van der Waals surface area (Å²) in [5.74, 6) is 1.27. The Hall–Kier alpha value is -2.13. The lowest BCUT2D eigenvalue weighted by Crippen LogP contribution is -2.11. The van der Waals surface area contributed by atoms with Crippen molar-refractivity contribution in [2.45, 2.75) is 18.7 Å². The van der Waals surface area contributed by atoms with E-state index in [1.165, 1.54) is 25.3 Å². The molecule has 0 bridgehead atoms. The molecule has 1 aromatic carbocycles. The van der Waals surface area contributed by atoms with E-state index in [0.29, 0.717) is 0 Å². The lowest BCUT2D eigenvalue weighted by molar-refractivity contribution is -0.144. The molecule has 0 aromatic heterocycles. The second-order valence-corrected chi connectivity index (χ2v) is 7.49. The minimum Gasteiger partial charge on any atom is -0.493 e. The van der Waals surface area contributed by atoms with Crippen molar-refractivity contribution in [3.05, 3.63) is 23.8 Å². The van der Waals surface area contributed by atoms with E-state index in [0.717, 1.165) is 0 Å². The highest BCUT2D eigenvalue weighted by Gasteiger charge is 2.31. The maximum absolute atomic E-state index is 12.3.